The van der Waals surface area contributed by atoms with Crippen LogP contribution < -0.4 is 10.6 Å². The third-order valence-electron chi connectivity index (χ3n) is 3.20. The minimum atomic E-state index is -0.406. The molecule has 9 heteroatoms. The van der Waals surface area contributed by atoms with Crippen molar-refractivity contribution in [2.24, 2.45) is 0 Å². The number of thioether (sulfide) groups is 1. The van der Waals surface area contributed by atoms with Gasteiger partial charge in [-0.1, -0.05) is 41.3 Å². The summed E-state index contributed by atoms with van der Waals surface area (Å²) in [6.45, 7) is 0.500. The fraction of sp³-hybridized carbons (Fsp3) is 0.118. The van der Waals surface area contributed by atoms with Crippen LogP contribution in [0.15, 0.2) is 52.9 Å². The SMILES string of the molecule is O=C(CSc1nnc(NCc2ccc(F)cc2)s1)Nc1cccc(F)c1. The lowest BCUT2D eigenvalue weighted by Crippen LogP contribution is -2.13. The van der Waals surface area contributed by atoms with Gasteiger partial charge >= 0.3 is 0 Å². The van der Waals surface area contributed by atoms with E-state index in [1.54, 1.807) is 18.2 Å². The predicted octanol–water partition coefficient (Wildman–Crippen LogP) is 4.16. The van der Waals surface area contributed by atoms with Crippen molar-refractivity contribution in [3.8, 4) is 0 Å². The van der Waals surface area contributed by atoms with Crippen molar-refractivity contribution in [2.75, 3.05) is 16.4 Å². The fourth-order valence-electron chi connectivity index (χ4n) is 2.01. The van der Waals surface area contributed by atoms with Gasteiger partial charge in [-0.3, -0.25) is 4.79 Å². The van der Waals surface area contributed by atoms with Crippen LogP contribution in [0.2, 0.25) is 0 Å². The van der Waals surface area contributed by atoms with Crippen molar-refractivity contribution in [3.05, 3.63) is 65.7 Å². The number of nitrogens with one attached hydrogen (secondary N) is 2. The van der Waals surface area contributed by atoms with Crippen LogP contribution in [0.4, 0.5) is 19.6 Å². The molecule has 2 N–H and O–H groups in total. The molecule has 2 aromatic carbocycles. The molecule has 0 aliphatic rings. The molecule has 3 aromatic rings. The third-order valence-corrected chi connectivity index (χ3v) is 5.21. The van der Waals surface area contributed by atoms with Crippen LogP contribution in [0.1, 0.15) is 5.56 Å². The number of amides is 1. The van der Waals surface area contributed by atoms with E-state index in [0.29, 0.717) is 21.7 Å². The molecule has 0 saturated carbocycles. The van der Waals surface area contributed by atoms with Gasteiger partial charge in [-0.05, 0) is 35.9 Å². The monoisotopic (exact) mass is 392 g/mol. The van der Waals surface area contributed by atoms with E-state index in [1.165, 1.54) is 53.4 Å². The Labute approximate surface area is 156 Å². The van der Waals surface area contributed by atoms with Crippen molar-refractivity contribution in [1.29, 1.82) is 0 Å². The summed E-state index contributed by atoms with van der Waals surface area (Å²) in [6.07, 6.45) is 0. The van der Waals surface area contributed by atoms with Crippen LogP contribution >= 0.6 is 23.1 Å². The van der Waals surface area contributed by atoms with Crippen LogP contribution in [-0.2, 0) is 11.3 Å². The largest absolute Gasteiger partial charge is 0.356 e. The highest BCUT2D eigenvalue weighted by Crippen LogP contribution is 2.26. The molecule has 3 rings (SSSR count). The summed E-state index contributed by atoms with van der Waals surface area (Å²) in [7, 11) is 0. The van der Waals surface area contributed by atoms with E-state index in [0.717, 1.165) is 5.56 Å². The molecule has 26 heavy (non-hydrogen) atoms. The molecular formula is C17H14F2N4OS2. The van der Waals surface area contributed by atoms with Crippen LogP contribution in [0.3, 0.4) is 0 Å². The van der Waals surface area contributed by atoms with E-state index in [1.807, 2.05) is 0 Å². The van der Waals surface area contributed by atoms with E-state index >= 15 is 0 Å². The second-order valence-corrected chi connectivity index (χ2v) is 7.40. The molecule has 134 valence electrons. The molecule has 0 atom stereocenters. The maximum absolute atomic E-state index is 13.1. The minimum Gasteiger partial charge on any atom is -0.356 e. The Balaban J connectivity index is 1.45. The van der Waals surface area contributed by atoms with Gasteiger partial charge in [0.25, 0.3) is 0 Å². The van der Waals surface area contributed by atoms with Gasteiger partial charge in [0.2, 0.25) is 11.0 Å². The second kappa shape index (κ2) is 8.72. The Hall–Kier alpha value is -2.52. The fourth-order valence-corrected chi connectivity index (χ4v) is 3.56. The molecule has 0 unspecified atom stereocenters. The molecule has 5 nitrogen and oxygen atoms in total. The first kappa shape index (κ1) is 18.3. The van der Waals surface area contributed by atoms with Crippen molar-refractivity contribution < 1.29 is 13.6 Å². The van der Waals surface area contributed by atoms with E-state index in [2.05, 4.69) is 20.8 Å². The average molecular weight is 392 g/mol. The van der Waals surface area contributed by atoms with E-state index < -0.39 is 5.82 Å². The first-order chi connectivity index (χ1) is 12.6. The highest BCUT2D eigenvalue weighted by Gasteiger charge is 2.09. The highest BCUT2D eigenvalue weighted by atomic mass is 32.2. The second-order valence-electron chi connectivity index (χ2n) is 5.20. The number of carbonyl (C=O) groups excluding carboxylic acids is 1. The molecule has 1 aromatic heterocycles. The van der Waals surface area contributed by atoms with Crippen LogP contribution in [-0.4, -0.2) is 21.9 Å². The minimum absolute atomic E-state index is 0.142. The number of carbonyl (C=O) groups is 1. The van der Waals surface area contributed by atoms with Crippen LogP contribution in [0.25, 0.3) is 0 Å². The summed E-state index contributed by atoms with van der Waals surface area (Å²) in [5, 5.41) is 14.3. The van der Waals surface area contributed by atoms with E-state index in [9.17, 15) is 13.6 Å². The van der Waals surface area contributed by atoms with E-state index in [-0.39, 0.29) is 17.5 Å². The molecular weight excluding hydrogens is 378 g/mol. The zero-order chi connectivity index (χ0) is 18.4. The van der Waals surface area contributed by atoms with Gasteiger partial charge in [-0.15, -0.1) is 10.2 Å². The van der Waals surface area contributed by atoms with Crippen LogP contribution in [0.5, 0.6) is 0 Å². The molecule has 0 aliphatic heterocycles. The number of anilines is 2. The smallest absolute Gasteiger partial charge is 0.234 e. The zero-order valence-electron chi connectivity index (χ0n) is 13.4. The Bertz CT molecular complexity index is 886. The summed E-state index contributed by atoms with van der Waals surface area (Å²) in [5.74, 6) is -0.795. The van der Waals surface area contributed by atoms with Gasteiger partial charge in [-0.2, -0.15) is 0 Å². The summed E-state index contributed by atoms with van der Waals surface area (Å²) in [6, 6.07) is 11.9. The molecule has 1 heterocycles. The number of rotatable bonds is 7. The number of halogens is 2. The maximum Gasteiger partial charge on any atom is 0.234 e. The Kier molecular flexibility index (Phi) is 6.13. The van der Waals surface area contributed by atoms with Gasteiger partial charge in [0.1, 0.15) is 11.6 Å². The molecule has 0 aliphatic carbocycles. The van der Waals surface area contributed by atoms with Gasteiger partial charge < -0.3 is 10.6 Å². The lowest BCUT2D eigenvalue weighted by molar-refractivity contribution is -0.113. The van der Waals surface area contributed by atoms with Crippen molar-refractivity contribution in [1.82, 2.24) is 10.2 Å². The Morgan fingerprint density at radius 1 is 1.08 bits per heavy atom. The van der Waals surface area contributed by atoms with Crippen LogP contribution in [0, 0.1) is 11.6 Å². The number of hydrogen-bond acceptors (Lipinski definition) is 6. The quantitative estimate of drug-likeness (QED) is 0.591. The summed E-state index contributed by atoms with van der Waals surface area (Å²) >= 11 is 2.57. The number of aromatic nitrogens is 2. The number of hydrogen-bond donors (Lipinski definition) is 2. The zero-order valence-corrected chi connectivity index (χ0v) is 15.0. The normalized spacial score (nSPS) is 10.5. The van der Waals surface area contributed by atoms with Gasteiger partial charge in [-0.25, -0.2) is 8.78 Å². The Morgan fingerprint density at radius 2 is 1.88 bits per heavy atom. The highest BCUT2D eigenvalue weighted by molar-refractivity contribution is 8.01. The van der Waals surface area contributed by atoms with Gasteiger partial charge in [0.15, 0.2) is 4.34 Å². The third kappa shape index (κ3) is 5.50. The number of nitrogens with zero attached hydrogens (tertiary/aromatic N) is 2. The molecule has 0 fully saturated rings. The van der Waals surface area contributed by atoms with Gasteiger partial charge in [0, 0.05) is 12.2 Å². The lowest BCUT2D eigenvalue weighted by Gasteiger charge is -2.03. The summed E-state index contributed by atoms with van der Waals surface area (Å²) in [4.78, 5) is 11.9. The van der Waals surface area contributed by atoms with Crippen molar-refractivity contribution in [3.63, 3.8) is 0 Å². The van der Waals surface area contributed by atoms with Crippen molar-refractivity contribution in [2.45, 2.75) is 10.9 Å². The molecule has 0 saturated heterocycles. The van der Waals surface area contributed by atoms with Gasteiger partial charge in [0.05, 0.1) is 5.75 Å². The molecule has 0 spiro atoms. The summed E-state index contributed by atoms with van der Waals surface area (Å²) < 4.78 is 26.6. The predicted molar refractivity (Wildman–Crippen MR) is 99.4 cm³/mol. The number of benzene rings is 2. The summed E-state index contributed by atoms with van der Waals surface area (Å²) in [5.41, 5.74) is 1.33. The first-order valence-electron chi connectivity index (χ1n) is 7.58. The Morgan fingerprint density at radius 3 is 2.65 bits per heavy atom. The topological polar surface area (TPSA) is 66.9 Å². The van der Waals surface area contributed by atoms with E-state index in [4.69, 9.17) is 0 Å². The lowest BCUT2D eigenvalue weighted by atomic mass is 10.2. The molecule has 1 amide bonds. The maximum atomic E-state index is 13.1. The molecule has 0 bridgehead atoms. The van der Waals surface area contributed by atoms with Crippen molar-refractivity contribution >= 4 is 39.8 Å². The first-order valence-corrected chi connectivity index (χ1v) is 9.39. The standard InChI is InChI=1S/C17H14F2N4OS2/c18-12-6-4-11(5-7-12)9-20-16-22-23-17(26-16)25-10-15(24)21-14-3-1-2-13(19)8-14/h1-8H,9-10H2,(H,20,22)(H,21,24). The molecule has 0 radical (unpaired) electrons. The average Bonchev–Trinajstić information content (AvgIpc) is 3.07.